The first-order chi connectivity index (χ1) is 39.6. The highest BCUT2D eigenvalue weighted by molar-refractivity contribution is 8.32. The molecule has 440 valence electrons. The number of carbonyl (C=O) groups is 1. The molecule has 0 unspecified atom stereocenters. The number of benzene rings is 8. The largest absolute Gasteiger partial charge is 0.707 e. The Hall–Kier alpha value is -7.04. The van der Waals surface area contributed by atoms with Gasteiger partial charge in [0, 0.05) is 50.9 Å². The standard InChI is InChI=1S/2C33H37N.C4H8O2.H2O7S2/c2*1-22(2)27-20-30(23(3)4)33(31(21-27)24(5)6)34-32-28(25-14-9-7-10-15-25)18-13-19-29(32)26-16-11-8-12-17-26;1-3-4(5)6-2;1-6-9(5,7-2)8(3)4/h2*7-24,34H,1-6H3;3H2,1-2H3;1-2H. The smallest absolute Gasteiger partial charge is 0.318 e. The summed E-state index contributed by atoms with van der Waals surface area (Å²) in [5, 5.41) is 23.2. The van der Waals surface area contributed by atoms with Crippen LogP contribution in [0.25, 0.3) is 44.5 Å². The van der Waals surface area contributed by atoms with Crippen molar-refractivity contribution in [1.29, 1.82) is 0 Å². The Morgan fingerprint density at radius 3 is 0.831 bits per heavy atom. The van der Waals surface area contributed by atoms with Crippen LogP contribution in [0.4, 0.5) is 22.7 Å². The molecule has 0 saturated heterocycles. The fourth-order valence-corrected chi connectivity index (χ4v) is 10.2. The molecule has 0 aliphatic carbocycles. The molecule has 0 fully saturated rings. The van der Waals surface area contributed by atoms with Crippen LogP contribution in [0, 0.1) is 0 Å². The third-order valence-electron chi connectivity index (χ3n) is 14.3. The van der Waals surface area contributed by atoms with Crippen LogP contribution < -0.4 is 21.1 Å². The van der Waals surface area contributed by atoms with Crippen LogP contribution >= 0.6 is 0 Å². The van der Waals surface area contributed by atoms with E-state index >= 15 is 0 Å². The van der Waals surface area contributed by atoms with Gasteiger partial charge in [-0.1, -0.05) is 223 Å². The summed E-state index contributed by atoms with van der Waals surface area (Å²) in [6, 6.07) is 66.4. The summed E-state index contributed by atoms with van der Waals surface area (Å²) in [5.41, 5.74) is 24.1. The minimum Gasteiger partial charge on any atom is -0.707 e. The van der Waals surface area contributed by atoms with E-state index in [9.17, 15) is 17.4 Å². The number of rotatable bonds is 17. The average Bonchev–Trinajstić information content (AvgIpc) is 3.68. The predicted octanol–water partition coefficient (Wildman–Crippen LogP) is 14.9. The van der Waals surface area contributed by atoms with Crippen molar-refractivity contribution >= 4 is 47.0 Å². The van der Waals surface area contributed by atoms with Crippen LogP contribution in [0.1, 0.15) is 165 Å². The van der Waals surface area contributed by atoms with E-state index in [1.54, 1.807) is 6.92 Å². The van der Waals surface area contributed by atoms with Gasteiger partial charge >= 0.3 is 24.3 Å². The van der Waals surface area contributed by atoms with E-state index in [0.717, 1.165) is 0 Å². The Bertz CT molecular complexity index is 3200. The summed E-state index contributed by atoms with van der Waals surface area (Å²) in [4.78, 5) is 9.96. The van der Waals surface area contributed by atoms with E-state index in [-0.39, 0.29) is 5.97 Å². The van der Waals surface area contributed by atoms with Gasteiger partial charge < -0.3 is 23.9 Å². The maximum atomic E-state index is 9.96. The van der Waals surface area contributed by atoms with Crippen molar-refractivity contribution in [3.8, 4) is 44.5 Å². The van der Waals surface area contributed by atoms with Gasteiger partial charge in [0.05, 0.1) is 7.11 Å². The van der Waals surface area contributed by atoms with Crippen LogP contribution in [0.2, 0.25) is 0 Å². The van der Waals surface area contributed by atoms with Crippen LogP contribution in [-0.2, 0) is 36.5 Å². The molecule has 4 N–H and O–H groups in total. The zero-order chi connectivity index (χ0) is 61.0. The molecule has 0 amide bonds. The number of esters is 1. The highest BCUT2D eigenvalue weighted by Crippen LogP contribution is 2.41. The normalized spacial score (nSPS) is 11.3. The summed E-state index contributed by atoms with van der Waals surface area (Å²) in [7, 11) is -6.76. The van der Waals surface area contributed by atoms with Crippen molar-refractivity contribution < 1.29 is 52.0 Å². The zero-order valence-electron chi connectivity index (χ0n) is 50.6. The average molecular weight is 1160 g/mol. The van der Waals surface area contributed by atoms with Gasteiger partial charge in [-0.15, -0.1) is 0 Å². The maximum Gasteiger partial charge on any atom is 0.318 e. The monoisotopic (exact) mass is 1160 g/mol. The molecule has 11 nitrogen and oxygen atoms in total. The number of carbonyl (C=O) groups excluding carboxylic acids is 1. The molecule has 0 heterocycles. The molecule has 0 radical (unpaired) electrons. The Morgan fingerprint density at radius 1 is 0.422 bits per heavy atom. The molecule has 0 aromatic heterocycles. The van der Waals surface area contributed by atoms with Gasteiger partial charge in [-0.25, -0.2) is 0 Å². The van der Waals surface area contributed by atoms with Crippen molar-refractivity contribution in [2.24, 2.45) is 0 Å². The highest BCUT2D eigenvalue weighted by atomic mass is 32.9. The Labute approximate surface area is 495 Å². The fraction of sp³-hybridized carbons (Fsp3) is 0.300. The first-order valence-electron chi connectivity index (χ1n) is 28.5. The second kappa shape index (κ2) is 32.1. The van der Waals surface area contributed by atoms with Gasteiger partial charge in [0.25, 0.3) is 0 Å². The number of ether oxygens (including phenoxy) is 1. The maximum absolute atomic E-state index is 9.96. The lowest BCUT2D eigenvalue weighted by Gasteiger charge is -2.22. The number of hydrogen-bond donors (Lipinski definition) is 2. The van der Waals surface area contributed by atoms with Gasteiger partial charge in [0.15, 0.2) is 0 Å². The summed E-state index contributed by atoms with van der Waals surface area (Å²) in [5.74, 6) is 2.67. The highest BCUT2D eigenvalue weighted by Gasteiger charge is 2.27. The first-order valence-corrected chi connectivity index (χ1v) is 31.5. The summed E-state index contributed by atoms with van der Waals surface area (Å²) < 4.78 is 38.3. The van der Waals surface area contributed by atoms with E-state index in [0.29, 0.717) is 41.9 Å². The summed E-state index contributed by atoms with van der Waals surface area (Å²) in [6.07, 6.45) is 0.469. The minimum absolute atomic E-state index is 0.157. The molecule has 0 saturated carbocycles. The van der Waals surface area contributed by atoms with Gasteiger partial charge in [-0.05, 0) is 117 Å². The quantitative estimate of drug-likeness (QED) is 0.0389. The Kier molecular flexibility index (Phi) is 25.8. The van der Waals surface area contributed by atoms with Crippen LogP contribution in [0.15, 0.2) is 182 Å². The summed E-state index contributed by atoms with van der Waals surface area (Å²) in [6.45, 7) is 29.5. The lowest BCUT2D eigenvalue weighted by molar-refractivity contribution is -0.670. The fourth-order valence-electron chi connectivity index (χ4n) is 9.77. The number of nitrogens with two attached hydrogens (primary N) is 2. The lowest BCUT2D eigenvalue weighted by atomic mass is 9.86. The van der Waals surface area contributed by atoms with E-state index in [4.69, 9.17) is 10.5 Å². The van der Waals surface area contributed by atoms with Gasteiger partial charge in [-0.3, -0.25) is 15.4 Å². The number of methoxy groups -OCH3 is 1. The van der Waals surface area contributed by atoms with Gasteiger partial charge in [0.1, 0.15) is 22.7 Å². The third-order valence-corrected chi connectivity index (χ3v) is 16.3. The topological polar surface area (TPSA) is 175 Å². The molecule has 0 aliphatic rings. The van der Waals surface area contributed by atoms with Crippen LogP contribution in [-0.4, -0.2) is 25.7 Å². The molecular formula is C70H84N2O9S2. The van der Waals surface area contributed by atoms with Crippen molar-refractivity contribution in [3.05, 3.63) is 215 Å². The molecule has 0 bridgehead atoms. The molecular weight excluding hydrogens is 1080 g/mol. The first kappa shape index (κ1) is 66.8. The SMILES string of the molecule is CC(C)c1cc(C(C)C)c([NH2+]c2c(-c3ccccc3)cccc2-c2ccccc2)c(C(C)C)c1.CC(C)c1cc(C(C)C)c([NH2+]c2c(-c3ccccc3)cccc2-c2ccccc2)c(C(C)C)c1.CCC(=O)OC.O=S(=O)=S(=O)(O[O-])O[O-]. The molecule has 8 rings (SSSR count). The van der Waals surface area contributed by atoms with E-state index < -0.39 is 18.3 Å². The Morgan fingerprint density at radius 2 is 0.675 bits per heavy atom. The van der Waals surface area contributed by atoms with Crippen LogP contribution in [0.5, 0.6) is 0 Å². The molecule has 83 heavy (non-hydrogen) atoms. The van der Waals surface area contributed by atoms with Crippen molar-refractivity contribution in [1.82, 2.24) is 0 Å². The molecule has 8 aromatic rings. The van der Waals surface area contributed by atoms with Crippen molar-refractivity contribution in [3.63, 3.8) is 0 Å². The zero-order valence-corrected chi connectivity index (χ0v) is 52.3. The van der Waals surface area contributed by atoms with Crippen molar-refractivity contribution in [2.45, 2.75) is 132 Å². The number of hydrogen-bond acceptors (Lipinski definition) is 9. The molecule has 0 atom stereocenters. The van der Waals surface area contributed by atoms with E-state index in [1.807, 2.05) is 0 Å². The second-order valence-corrected chi connectivity index (χ2v) is 25.7. The minimum atomic E-state index is -4.68. The molecule has 0 spiro atoms. The molecule has 8 aromatic carbocycles. The summed E-state index contributed by atoms with van der Waals surface area (Å²) >= 11 is 0. The third kappa shape index (κ3) is 18.0. The van der Waals surface area contributed by atoms with Gasteiger partial charge in [-0.2, -0.15) is 12.6 Å². The number of quaternary nitrogens is 2. The van der Waals surface area contributed by atoms with E-state index in [1.165, 1.54) is 108 Å². The van der Waals surface area contributed by atoms with Crippen LogP contribution in [0.3, 0.4) is 0 Å². The molecule has 0 aliphatic heterocycles. The predicted molar refractivity (Wildman–Crippen MR) is 336 cm³/mol. The Balaban J connectivity index is 0.000000244. The number of para-hydroxylation sites is 2. The van der Waals surface area contributed by atoms with Crippen molar-refractivity contribution in [2.75, 3.05) is 7.11 Å². The lowest BCUT2D eigenvalue weighted by Crippen LogP contribution is -2.72. The second-order valence-electron chi connectivity index (χ2n) is 22.1. The van der Waals surface area contributed by atoms with E-state index in [2.05, 4.69) is 289 Å². The molecule has 13 heteroatoms. The van der Waals surface area contributed by atoms with Gasteiger partial charge in [0.2, 0.25) is 0 Å².